The minimum atomic E-state index is -0.280. The number of ether oxygens (including phenoxy) is 2. The van der Waals surface area contributed by atoms with E-state index >= 15 is 0 Å². The van der Waals surface area contributed by atoms with Crippen LogP contribution in [-0.4, -0.2) is 42.6 Å². The number of phenolic OH excluding ortho intramolecular Hbond substituents is 1. The molecular formula is C29H31NO4. The van der Waals surface area contributed by atoms with E-state index in [1.807, 2.05) is 24.3 Å². The molecule has 0 aromatic heterocycles. The SMILES string of the molecule is COc1ccccc1/C=C/C(=O)c1ccc(OCCCCN2CCc3ccccc3C2)cc1O. The minimum Gasteiger partial charge on any atom is -0.507 e. The summed E-state index contributed by atoms with van der Waals surface area (Å²) in [5.41, 5.74) is 3.95. The second kappa shape index (κ2) is 11.5. The molecule has 1 heterocycles. The Hall–Kier alpha value is -3.57. The lowest BCUT2D eigenvalue weighted by atomic mass is 10.00. The number of fused-ring (bicyclic) bond motifs is 1. The molecule has 3 aromatic rings. The van der Waals surface area contributed by atoms with Crippen LogP contribution in [0.15, 0.2) is 72.8 Å². The van der Waals surface area contributed by atoms with E-state index < -0.39 is 0 Å². The lowest BCUT2D eigenvalue weighted by molar-refractivity contribution is 0.104. The normalized spacial score (nSPS) is 13.6. The van der Waals surface area contributed by atoms with E-state index in [9.17, 15) is 9.90 Å². The molecule has 5 heteroatoms. The van der Waals surface area contributed by atoms with Crippen LogP contribution in [0.5, 0.6) is 17.2 Å². The fourth-order valence-corrected chi connectivity index (χ4v) is 4.24. The van der Waals surface area contributed by atoms with Gasteiger partial charge in [0.05, 0.1) is 19.3 Å². The van der Waals surface area contributed by atoms with Gasteiger partial charge in [0.1, 0.15) is 17.2 Å². The summed E-state index contributed by atoms with van der Waals surface area (Å²) in [5.74, 6) is 0.886. The van der Waals surface area contributed by atoms with Gasteiger partial charge >= 0.3 is 0 Å². The lowest BCUT2D eigenvalue weighted by Gasteiger charge is -2.28. The largest absolute Gasteiger partial charge is 0.507 e. The second-order valence-electron chi connectivity index (χ2n) is 8.47. The smallest absolute Gasteiger partial charge is 0.189 e. The Kier molecular flexibility index (Phi) is 7.99. The lowest BCUT2D eigenvalue weighted by Crippen LogP contribution is -2.31. The summed E-state index contributed by atoms with van der Waals surface area (Å²) in [6.07, 6.45) is 6.23. The van der Waals surface area contributed by atoms with Crippen LogP contribution in [0, 0.1) is 0 Å². The number of carbonyl (C=O) groups is 1. The summed E-state index contributed by atoms with van der Waals surface area (Å²) in [6.45, 7) is 3.75. The number of unbranched alkanes of at least 4 members (excludes halogenated alkanes) is 1. The first kappa shape index (κ1) is 23.6. The maximum absolute atomic E-state index is 12.5. The number of hydrogen-bond acceptors (Lipinski definition) is 5. The van der Waals surface area contributed by atoms with Crippen LogP contribution in [0.1, 0.15) is 39.9 Å². The predicted octanol–water partition coefficient (Wildman–Crippen LogP) is 5.51. The van der Waals surface area contributed by atoms with Gasteiger partial charge in [-0.05, 0) is 67.3 Å². The molecule has 0 spiro atoms. The van der Waals surface area contributed by atoms with Crippen LogP contribution in [0.4, 0.5) is 0 Å². The van der Waals surface area contributed by atoms with E-state index in [4.69, 9.17) is 9.47 Å². The van der Waals surface area contributed by atoms with Crippen LogP contribution < -0.4 is 9.47 Å². The monoisotopic (exact) mass is 457 g/mol. The van der Waals surface area contributed by atoms with Crippen LogP contribution >= 0.6 is 0 Å². The number of rotatable bonds is 10. The topological polar surface area (TPSA) is 59.0 Å². The Morgan fingerprint density at radius 1 is 1.03 bits per heavy atom. The minimum absolute atomic E-state index is 0.0841. The van der Waals surface area contributed by atoms with Crippen molar-refractivity contribution in [1.82, 2.24) is 4.90 Å². The molecule has 176 valence electrons. The van der Waals surface area contributed by atoms with Crippen LogP contribution in [0.2, 0.25) is 0 Å². The summed E-state index contributed by atoms with van der Waals surface area (Å²) < 4.78 is 11.1. The number of hydrogen-bond donors (Lipinski definition) is 1. The van der Waals surface area contributed by atoms with Crippen LogP contribution in [0.3, 0.4) is 0 Å². The highest BCUT2D eigenvalue weighted by Crippen LogP contribution is 2.26. The summed E-state index contributed by atoms with van der Waals surface area (Å²) in [5, 5.41) is 10.3. The summed E-state index contributed by atoms with van der Waals surface area (Å²) in [7, 11) is 1.59. The highest BCUT2D eigenvalue weighted by atomic mass is 16.5. The van der Waals surface area contributed by atoms with Crippen molar-refractivity contribution in [3.05, 3.63) is 95.1 Å². The third-order valence-electron chi connectivity index (χ3n) is 6.13. The molecule has 0 bridgehead atoms. The van der Waals surface area contributed by atoms with Crippen molar-refractivity contribution < 1.29 is 19.4 Å². The Labute approximate surface area is 201 Å². The Balaban J connectivity index is 1.23. The van der Waals surface area contributed by atoms with Gasteiger partial charge in [0.2, 0.25) is 0 Å². The number of methoxy groups -OCH3 is 1. The third kappa shape index (κ3) is 6.06. The molecule has 0 amide bonds. The predicted molar refractivity (Wildman–Crippen MR) is 135 cm³/mol. The zero-order valence-corrected chi connectivity index (χ0v) is 19.6. The number of phenols is 1. The fraction of sp³-hybridized carbons (Fsp3) is 0.276. The van der Waals surface area contributed by atoms with Gasteiger partial charge in [0.15, 0.2) is 5.78 Å². The van der Waals surface area contributed by atoms with Crippen molar-refractivity contribution in [1.29, 1.82) is 0 Å². The third-order valence-corrected chi connectivity index (χ3v) is 6.13. The first-order valence-electron chi connectivity index (χ1n) is 11.7. The van der Waals surface area contributed by atoms with Gasteiger partial charge in [-0.1, -0.05) is 42.5 Å². The van der Waals surface area contributed by atoms with Gasteiger partial charge < -0.3 is 14.6 Å². The first-order chi connectivity index (χ1) is 16.6. The van der Waals surface area contributed by atoms with E-state index in [2.05, 4.69) is 29.2 Å². The standard InChI is InChI=1S/C29H31NO4/c1-33-29-11-5-4-9-23(29)12-15-27(31)26-14-13-25(20-28(26)32)34-19-7-6-17-30-18-16-22-8-2-3-10-24(22)21-30/h2-5,8-15,20,32H,6-7,16-19,21H2,1H3/b15-12+. The second-order valence-corrected chi connectivity index (χ2v) is 8.47. The molecule has 3 aromatic carbocycles. The molecule has 5 nitrogen and oxygen atoms in total. The fourth-order valence-electron chi connectivity index (χ4n) is 4.24. The first-order valence-corrected chi connectivity index (χ1v) is 11.7. The molecule has 34 heavy (non-hydrogen) atoms. The molecule has 1 aliphatic rings. The van der Waals surface area contributed by atoms with E-state index in [-0.39, 0.29) is 17.1 Å². The summed E-state index contributed by atoms with van der Waals surface area (Å²) >= 11 is 0. The number of benzene rings is 3. The quantitative estimate of drug-likeness (QED) is 0.247. The molecule has 0 atom stereocenters. The molecule has 0 aliphatic carbocycles. The van der Waals surface area contributed by atoms with E-state index in [0.717, 1.165) is 44.5 Å². The van der Waals surface area contributed by atoms with Crippen LogP contribution in [-0.2, 0) is 13.0 Å². The Bertz CT molecular complexity index is 1150. The molecule has 0 unspecified atom stereocenters. The van der Waals surface area contributed by atoms with E-state index in [1.165, 1.54) is 23.3 Å². The van der Waals surface area contributed by atoms with Crippen molar-refractivity contribution in [2.24, 2.45) is 0 Å². The van der Waals surface area contributed by atoms with E-state index in [0.29, 0.717) is 18.1 Å². The average Bonchev–Trinajstić information content (AvgIpc) is 2.87. The number of nitrogens with zero attached hydrogens (tertiary/aromatic N) is 1. The van der Waals surface area contributed by atoms with E-state index in [1.54, 1.807) is 25.3 Å². The number of carbonyl (C=O) groups excluding carboxylic acids is 1. The molecule has 0 fully saturated rings. The zero-order chi connectivity index (χ0) is 23.8. The number of para-hydroxylation sites is 1. The Morgan fingerprint density at radius 3 is 2.65 bits per heavy atom. The Morgan fingerprint density at radius 2 is 1.82 bits per heavy atom. The van der Waals surface area contributed by atoms with Crippen molar-refractivity contribution >= 4 is 11.9 Å². The van der Waals surface area contributed by atoms with Crippen LogP contribution in [0.25, 0.3) is 6.08 Å². The molecule has 1 N–H and O–H groups in total. The number of ketones is 1. The van der Waals surface area contributed by atoms with Gasteiger partial charge in [-0.3, -0.25) is 9.69 Å². The maximum atomic E-state index is 12.5. The van der Waals surface area contributed by atoms with Gasteiger partial charge in [-0.25, -0.2) is 0 Å². The van der Waals surface area contributed by atoms with Crippen molar-refractivity contribution in [3.63, 3.8) is 0 Å². The average molecular weight is 458 g/mol. The molecule has 1 aliphatic heterocycles. The van der Waals surface area contributed by atoms with Crippen molar-refractivity contribution in [3.8, 4) is 17.2 Å². The van der Waals surface area contributed by atoms with Gasteiger partial charge in [-0.2, -0.15) is 0 Å². The van der Waals surface area contributed by atoms with Gasteiger partial charge in [0.25, 0.3) is 0 Å². The van der Waals surface area contributed by atoms with Crippen molar-refractivity contribution in [2.45, 2.75) is 25.8 Å². The molecule has 4 rings (SSSR count). The highest BCUT2D eigenvalue weighted by molar-refractivity contribution is 6.08. The zero-order valence-electron chi connectivity index (χ0n) is 19.6. The maximum Gasteiger partial charge on any atom is 0.189 e. The molecular weight excluding hydrogens is 426 g/mol. The molecule has 0 saturated heterocycles. The molecule has 0 saturated carbocycles. The number of aromatic hydroxyl groups is 1. The van der Waals surface area contributed by atoms with Gasteiger partial charge in [0, 0.05) is 24.7 Å². The summed E-state index contributed by atoms with van der Waals surface area (Å²) in [6, 6.07) is 21.0. The van der Waals surface area contributed by atoms with Gasteiger partial charge in [-0.15, -0.1) is 0 Å². The number of allylic oxidation sites excluding steroid dienone is 1. The van der Waals surface area contributed by atoms with Crippen molar-refractivity contribution in [2.75, 3.05) is 26.8 Å². The summed E-state index contributed by atoms with van der Waals surface area (Å²) in [4.78, 5) is 15.0. The highest BCUT2D eigenvalue weighted by Gasteiger charge is 2.15. The molecule has 0 radical (unpaired) electrons.